The summed E-state index contributed by atoms with van der Waals surface area (Å²) in [6.07, 6.45) is 1.71. The summed E-state index contributed by atoms with van der Waals surface area (Å²) in [4.78, 5) is 27.5. The molecule has 3 amide bonds. The van der Waals surface area contributed by atoms with Crippen molar-refractivity contribution in [1.29, 1.82) is 0 Å². The maximum Gasteiger partial charge on any atom is 0.322 e. The predicted molar refractivity (Wildman–Crippen MR) is 133 cm³/mol. The Morgan fingerprint density at radius 2 is 1.79 bits per heavy atom. The van der Waals surface area contributed by atoms with Crippen molar-refractivity contribution < 1.29 is 14.3 Å². The van der Waals surface area contributed by atoms with Crippen molar-refractivity contribution >= 4 is 23.4 Å². The smallest absolute Gasteiger partial charge is 0.322 e. The summed E-state index contributed by atoms with van der Waals surface area (Å²) in [6.45, 7) is 14.8. The molecular weight excluding hydrogens is 418 g/mol. The van der Waals surface area contributed by atoms with Gasteiger partial charge in [0.1, 0.15) is 18.1 Å². The molecule has 33 heavy (non-hydrogen) atoms. The largest absolute Gasteiger partial charge is 0.497 e. The number of hydrogen-bond donors (Lipinski definition) is 2. The molecule has 0 aliphatic carbocycles. The number of methoxy groups -OCH3 is 1. The van der Waals surface area contributed by atoms with Gasteiger partial charge in [-0.25, -0.2) is 9.48 Å². The summed E-state index contributed by atoms with van der Waals surface area (Å²) in [6, 6.07) is 8.72. The average Bonchev–Trinajstić information content (AvgIpc) is 3.16. The SMILES string of the molecule is CCCCN(CC(=O)Nc1cc(C(C)(C)C)nn1C(C)(C)C)C(=O)Nc1cccc(OC)c1. The van der Waals surface area contributed by atoms with Gasteiger partial charge in [-0.2, -0.15) is 5.10 Å². The zero-order chi connectivity index (χ0) is 24.8. The number of nitrogens with one attached hydrogen (secondary N) is 2. The first-order chi connectivity index (χ1) is 15.3. The normalized spacial score (nSPS) is 11.8. The standard InChI is InChI=1S/C25H39N5O3/c1-9-10-14-29(23(32)26-18-12-11-13-19(15-18)33-8)17-22(31)27-21-16-20(24(2,3)4)28-30(21)25(5,6)7/h11-13,15-16H,9-10,14,17H2,1-8H3,(H,26,32)(H,27,31). The number of carbonyl (C=O) groups excluding carboxylic acids is 2. The Labute approximate surface area is 197 Å². The van der Waals surface area contributed by atoms with E-state index in [0.29, 0.717) is 23.8 Å². The van der Waals surface area contributed by atoms with Crippen LogP contribution in [0.2, 0.25) is 0 Å². The van der Waals surface area contributed by atoms with E-state index in [1.165, 1.54) is 4.90 Å². The lowest BCUT2D eigenvalue weighted by Gasteiger charge is -2.25. The van der Waals surface area contributed by atoms with E-state index in [2.05, 4.69) is 31.4 Å². The van der Waals surface area contributed by atoms with Gasteiger partial charge in [-0.1, -0.05) is 40.2 Å². The molecule has 0 spiro atoms. The third-order valence-corrected chi connectivity index (χ3v) is 5.10. The average molecular weight is 458 g/mol. The second-order valence-corrected chi connectivity index (χ2v) is 10.2. The number of rotatable bonds is 8. The Hall–Kier alpha value is -3.03. The highest BCUT2D eigenvalue weighted by Gasteiger charge is 2.26. The van der Waals surface area contributed by atoms with Gasteiger partial charge in [0.25, 0.3) is 0 Å². The number of urea groups is 1. The molecule has 8 heteroatoms. The van der Waals surface area contributed by atoms with Gasteiger partial charge in [-0.15, -0.1) is 0 Å². The van der Waals surface area contributed by atoms with Gasteiger partial charge in [0.2, 0.25) is 5.91 Å². The molecule has 2 rings (SSSR count). The topological polar surface area (TPSA) is 88.5 Å². The fourth-order valence-corrected chi connectivity index (χ4v) is 3.21. The molecule has 8 nitrogen and oxygen atoms in total. The summed E-state index contributed by atoms with van der Waals surface area (Å²) in [7, 11) is 1.58. The molecule has 1 aromatic carbocycles. The van der Waals surface area contributed by atoms with Crippen LogP contribution in [-0.2, 0) is 15.7 Å². The third kappa shape index (κ3) is 7.51. The second-order valence-electron chi connectivity index (χ2n) is 10.2. The Morgan fingerprint density at radius 3 is 2.36 bits per heavy atom. The van der Waals surface area contributed by atoms with Gasteiger partial charge in [0.05, 0.1) is 18.3 Å². The maximum absolute atomic E-state index is 13.0. The third-order valence-electron chi connectivity index (χ3n) is 5.10. The molecule has 0 fully saturated rings. The van der Waals surface area contributed by atoms with Crippen molar-refractivity contribution in [2.75, 3.05) is 30.8 Å². The van der Waals surface area contributed by atoms with Crippen molar-refractivity contribution in [1.82, 2.24) is 14.7 Å². The number of unbranched alkanes of at least 4 members (excludes halogenated alkanes) is 1. The van der Waals surface area contributed by atoms with Crippen LogP contribution in [0.5, 0.6) is 5.75 Å². The van der Waals surface area contributed by atoms with E-state index in [9.17, 15) is 9.59 Å². The lowest BCUT2D eigenvalue weighted by molar-refractivity contribution is -0.116. The van der Waals surface area contributed by atoms with Crippen molar-refractivity contribution in [2.45, 2.75) is 72.3 Å². The quantitative estimate of drug-likeness (QED) is 0.569. The van der Waals surface area contributed by atoms with Gasteiger partial charge in [0.15, 0.2) is 0 Å². The zero-order valence-corrected chi connectivity index (χ0v) is 21.3. The van der Waals surface area contributed by atoms with E-state index in [1.54, 1.807) is 25.3 Å². The highest BCUT2D eigenvalue weighted by Crippen LogP contribution is 2.28. The number of aromatic nitrogens is 2. The lowest BCUT2D eigenvalue weighted by Crippen LogP contribution is -2.41. The van der Waals surface area contributed by atoms with Crippen LogP contribution in [-0.4, -0.2) is 46.8 Å². The van der Waals surface area contributed by atoms with E-state index in [4.69, 9.17) is 9.84 Å². The maximum atomic E-state index is 13.0. The molecule has 0 radical (unpaired) electrons. The van der Waals surface area contributed by atoms with Crippen molar-refractivity contribution in [3.05, 3.63) is 36.0 Å². The summed E-state index contributed by atoms with van der Waals surface area (Å²) in [5.74, 6) is 1.01. The fourth-order valence-electron chi connectivity index (χ4n) is 3.21. The van der Waals surface area contributed by atoms with Gasteiger partial charge >= 0.3 is 6.03 Å². The lowest BCUT2D eigenvalue weighted by atomic mass is 9.92. The minimum absolute atomic E-state index is 0.0595. The van der Waals surface area contributed by atoms with Crippen LogP contribution in [0.25, 0.3) is 0 Å². The summed E-state index contributed by atoms with van der Waals surface area (Å²) in [5, 5.41) is 10.6. The van der Waals surface area contributed by atoms with Crippen LogP contribution < -0.4 is 15.4 Å². The molecule has 0 aliphatic heterocycles. The molecule has 1 aromatic heterocycles. The van der Waals surface area contributed by atoms with E-state index >= 15 is 0 Å². The van der Waals surface area contributed by atoms with Gasteiger partial charge in [0, 0.05) is 29.8 Å². The van der Waals surface area contributed by atoms with Crippen LogP contribution >= 0.6 is 0 Å². The number of nitrogens with zero attached hydrogens (tertiary/aromatic N) is 3. The summed E-state index contributed by atoms with van der Waals surface area (Å²) < 4.78 is 7.05. The predicted octanol–water partition coefficient (Wildman–Crippen LogP) is 5.22. The first-order valence-electron chi connectivity index (χ1n) is 11.5. The molecule has 0 saturated heterocycles. The Balaban J connectivity index is 2.18. The van der Waals surface area contributed by atoms with Crippen LogP contribution in [0.4, 0.5) is 16.3 Å². The Morgan fingerprint density at radius 1 is 1.09 bits per heavy atom. The first-order valence-corrected chi connectivity index (χ1v) is 11.5. The highest BCUT2D eigenvalue weighted by molar-refractivity contribution is 5.96. The van der Waals surface area contributed by atoms with Gasteiger partial charge in [-0.05, 0) is 39.3 Å². The number of amides is 3. The highest BCUT2D eigenvalue weighted by atomic mass is 16.5. The number of benzene rings is 1. The van der Waals surface area contributed by atoms with Gasteiger partial charge < -0.3 is 20.3 Å². The molecule has 0 saturated carbocycles. The van der Waals surface area contributed by atoms with Gasteiger partial charge in [-0.3, -0.25) is 4.79 Å². The summed E-state index contributed by atoms with van der Waals surface area (Å²) >= 11 is 0. The molecule has 0 bridgehead atoms. The number of carbonyl (C=O) groups is 2. The zero-order valence-electron chi connectivity index (χ0n) is 21.3. The number of hydrogen-bond acceptors (Lipinski definition) is 4. The van der Waals surface area contributed by atoms with E-state index in [0.717, 1.165) is 18.5 Å². The van der Waals surface area contributed by atoms with E-state index < -0.39 is 0 Å². The second kappa shape index (κ2) is 10.7. The monoisotopic (exact) mass is 457 g/mol. The van der Waals surface area contributed by atoms with Crippen molar-refractivity contribution in [3.8, 4) is 5.75 Å². The minimum atomic E-state index is -0.327. The summed E-state index contributed by atoms with van der Waals surface area (Å²) in [5.41, 5.74) is 1.05. The van der Waals surface area contributed by atoms with Crippen LogP contribution in [0.15, 0.2) is 30.3 Å². The van der Waals surface area contributed by atoms with Crippen LogP contribution in [0, 0.1) is 0 Å². The number of anilines is 2. The molecule has 182 valence electrons. The first kappa shape index (κ1) is 26.2. The van der Waals surface area contributed by atoms with Crippen molar-refractivity contribution in [2.24, 2.45) is 0 Å². The molecule has 0 atom stereocenters. The van der Waals surface area contributed by atoms with E-state index in [-0.39, 0.29) is 29.4 Å². The molecule has 2 aromatic rings. The fraction of sp³-hybridized carbons (Fsp3) is 0.560. The van der Waals surface area contributed by atoms with Crippen molar-refractivity contribution in [3.63, 3.8) is 0 Å². The molecular formula is C25H39N5O3. The molecule has 0 aliphatic rings. The molecule has 1 heterocycles. The number of ether oxygens (including phenoxy) is 1. The van der Waals surface area contributed by atoms with E-state index in [1.807, 2.05) is 44.5 Å². The van der Waals surface area contributed by atoms with Crippen LogP contribution in [0.1, 0.15) is 67.0 Å². The molecule has 0 unspecified atom stereocenters. The Bertz CT molecular complexity index is 954. The molecule has 2 N–H and O–H groups in total. The Kier molecular flexibility index (Phi) is 8.52. The minimum Gasteiger partial charge on any atom is -0.497 e. The van der Waals surface area contributed by atoms with Crippen LogP contribution in [0.3, 0.4) is 0 Å².